The number of nitrogens with zero attached hydrogens (tertiary/aromatic N) is 2. The third-order valence-corrected chi connectivity index (χ3v) is 3.80. The van der Waals surface area contributed by atoms with Crippen molar-refractivity contribution in [1.82, 2.24) is 20.9 Å². The van der Waals surface area contributed by atoms with Gasteiger partial charge in [-0.2, -0.15) is 0 Å². The van der Waals surface area contributed by atoms with Gasteiger partial charge < -0.3 is 15.6 Å². The average molecular weight is 402 g/mol. The summed E-state index contributed by atoms with van der Waals surface area (Å²) in [5.41, 5.74) is 7.68. The molecular weight excluding hydrogens is 378 g/mol. The van der Waals surface area contributed by atoms with Gasteiger partial charge in [-0.25, -0.2) is 0 Å². The van der Waals surface area contributed by atoms with E-state index >= 15 is 0 Å². The Balaban J connectivity index is 2.88. The van der Waals surface area contributed by atoms with Crippen LogP contribution in [0.5, 0.6) is 0 Å². The SMILES string of the molecule is Cc1oncc1C(=O)N[C@H](CC(C)C)C(=O)NN(CCC(N)=O)C(=O)CCl. The van der Waals surface area contributed by atoms with Crippen molar-refractivity contribution < 1.29 is 23.7 Å². The van der Waals surface area contributed by atoms with E-state index in [4.69, 9.17) is 21.9 Å². The molecular formula is C16H24ClN5O5. The molecule has 0 aliphatic heterocycles. The van der Waals surface area contributed by atoms with E-state index in [0.717, 1.165) is 5.01 Å². The molecule has 1 aromatic rings. The molecule has 0 bridgehead atoms. The number of alkyl halides is 1. The summed E-state index contributed by atoms with van der Waals surface area (Å²) in [5.74, 6) is -2.37. The Kier molecular flexibility index (Phi) is 8.73. The van der Waals surface area contributed by atoms with E-state index in [1.54, 1.807) is 6.92 Å². The van der Waals surface area contributed by atoms with Crippen LogP contribution >= 0.6 is 11.6 Å². The summed E-state index contributed by atoms with van der Waals surface area (Å²) >= 11 is 5.53. The number of aryl methyl sites for hydroxylation is 1. The van der Waals surface area contributed by atoms with Crippen molar-refractivity contribution in [2.75, 3.05) is 12.4 Å². The predicted octanol–water partition coefficient (Wildman–Crippen LogP) is 0.102. The van der Waals surface area contributed by atoms with Crippen molar-refractivity contribution in [1.29, 1.82) is 0 Å². The smallest absolute Gasteiger partial charge is 0.261 e. The van der Waals surface area contributed by atoms with Gasteiger partial charge in [-0.1, -0.05) is 19.0 Å². The third kappa shape index (κ3) is 7.26. The van der Waals surface area contributed by atoms with Crippen molar-refractivity contribution in [3.05, 3.63) is 17.5 Å². The summed E-state index contributed by atoms with van der Waals surface area (Å²) in [6.07, 6.45) is 1.43. The minimum Gasteiger partial charge on any atom is -0.370 e. The Bertz CT molecular complexity index is 690. The lowest BCUT2D eigenvalue weighted by molar-refractivity contribution is -0.141. The van der Waals surface area contributed by atoms with Crippen LogP contribution in [0.25, 0.3) is 0 Å². The second-order valence-electron chi connectivity index (χ2n) is 6.32. The Labute approximate surface area is 161 Å². The van der Waals surface area contributed by atoms with Gasteiger partial charge in [0.15, 0.2) is 0 Å². The van der Waals surface area contributed by atoms with E-state index in [-0.39, 0.29) is 30.3 Å². The van der Waals surface area contributed by atoms with Crippen molar-refractivity contribution in [3.63, 3.8) is 0 Å². The summed E-state index contributed by atoms with van der Waals surface area (Å²) in [4.78, 5) is 47.8. The minimum absolute atomic E-state index is 0.0763. The molecule has 0 aromatic carbocycles. The number of carbonyl (C=O) groups is 4. The third-order valence-electron chi connectivity index (χ3n) is 3.57. The lowest BCUT2D eigenvalue weighted by atomic mass is 10.0. The lowest BCUT2D eigenvalue weighted by Gasteiger charge is -2.26. The minimum atomic E-state index is -0.925. The van der Waals surface area contributed by atoms with Crippen molar-refractivity contribution in [3.8, 4) is 0 Å². The molecule has 0 radical (unpaired) electrons. The van der Waals surface area contributed by atoms with Crippen molar-refractivity contribution in [2.45, 2.75) is 39.7 Å². The molecule has 4 N–H and O–H groups in total. The van der Waals surface area contributed by atoms with Crippen LogP contribution in [0.15, 0.2) is 10.7 Å². The molecule has 0 aliphatic carbocycles. The molecule has 1 aromatic heterocycles. The van der Waals surface area contributed by atoms with Crippen LogP contribution in [-0.2, 0) is 14.4 Å². The fraction of sp³-hybridized carbons (Fsp3) is 0.562. The van der Waals surface area contributed by atoms with Gasteiger partial charge in [0.05, 0.1) is 12.7 Å². The largest absolute Gasteiger partial charge is 0.370 e. The number of rotatable bonds is 9. The first kappa shape index (κ1) is 22.4. The highest BCUT2D eigenvalue weighted by Gasteiger charge is 2.27. The number of hydrazine groups is 1. The van der Waals surface area contributed by atoms with Crippen LogP contribution in [-0.4, -0.2) is 52.3 Å². The molecule has 1 atom stereocenters. The molecule has 0 aliphatic rings. The van der Waals surface area contributed by atoms with Gasteiger partial charge in [0, 0.05) is 6.42 Å². The predicted molar refractivity (Wildman–Crippen MR) is 96.3 cm³/mol. The van der Waals surface area contributed by atoms with Crippen LogP contribution in [0.2, 0.25) is 0 Å². The number of carbonyl (C=O) groups excluding carboxylic acids is 4. The van der Waals surface area contributed by atoms with Crippen LogP contribution in [0.3, 0.4) is 0 Å². The molecule has 4 amide bonds. The monoisotopic (exact) mass is 401 g/mol. The summed E-state index contributed by atoms with van der Waals surface area (Å²) in [5, 5.41) is 7.06. The van der Waals surface area contributed by atoms with Crippen LogP contribution < -0.4 is 16.5 Å². The second kappa shape index (κ2) is 10.5. The number of hydrogen-bond donors (Lipinski definition) is 3. The fourth-order valence-corrected chi connectivity index (χ4v) is 2.35. The molecule has 1 heterocycles. The molecule has 150 valence electrons. The van der Waals surface area contributed by atoms with Gasteiger partial charge in [-0.15, -0.1) is 11.6 Å². The summed E-state index contributed by atoms with van der Waals surface area (Å²) in [6, 6.07) is -0.925. The number of halogens is 1. The number of nitrogens with two attached hydrogens (primary N) is 1. The van der Waals surface area contributed by atoms with Crippen LogP contribution in [0.1, 0.15) is 42.8 Å². The molecule has 11 heteroatoms. The standard InChI is InChI=1S/C16H24ClN5O5/c1-9(2)6-12(20-15(25)11-8-19-27-10(11)3)16(26)21-22(14(24)7-17)5-4-13(18)23/h8-9,12H,4-7H2,1-3H3,(H2,18,23)(H,20,25)(H,21,26)/t12-/m1/s1. The molecule has 10 nitrogen and oxygen atoms in total. The molecule has 1 rings (SSSR count). The molecule has 0 fully saturated rings. The van der Waals surface area contributed by atoms with Crippen molar-refractivity contribution >= 4 is 35.2 Å². The number of amides is 4. The summed E-state index contributed by atoms with van der Waals surface area (Å²) in [6.45, 7) is 5.21. The summed E-state index contributed by atoms with van der Waals surface area (Å²) in [7, 11) is 0. The first-order valence-corrected chi connectivity index (χ1v) is 8.86. The molecule has 27 heavy (non-hydrogen) atoms. The van der Waals surface area contributed by atoms with Gasteiger partial charge in [-0.3, -0.25) is 29.6 Å². The zero-order valence-electron chi connectivity index (χ0n) is 15.5. The summed E-state index contributed by atoms with van der Waals surface area (Å²) < 4.78 is 4.85. The van der Waals surface area contributed by atoms with Crippen molar-refractivity contribution in [2.24, 2.45) is 11.7 Å². The topological polar surface area (TPSA) is 148 Å². The number of hydrogen-bond acceptors (Lipinski definition) is 6. The van der Waals surface area contributed by atoms with E-state index < -0.39 is 29.7 Å². The van der Waals surface area contributed by atoms with Gasteiger partial charge in [0.25, 0.3) is 17.7 Å². The first-order valence-electron chi connectivity index (χ1n) is 8.33. The highest BCUT2D eigenvalue weighted by molar-refractivity contribution is 6.27. The van der Waals surface area contributed by atoms with E-state index in [2.05, 4.69) is 15.9 Å². The molecule has 0 saturated carbocycles. The average Bonchev–Trinajstić information content (AvgIpc) is 3.02. The zero-order chi connectivity index (χ0) is 20.6. The van der Waals surface area contributed by atoms with Gasteiger partial charge in [0.1, 0.15) is 23.2 Å². The van der Waals surface area contributed by atoms with Gasteiger partial charge in [0.2, 0.25) is 5.91 Å². The normalized spacial score (nSPS) is 11.7. The number of primary amides is 1. The zero-order valence-corrected chi connectivity index (χ0v) is 16.2. The molecule has 0 saturated heterocycles. The Hall–Kier alpha value is -2.62. The second-order valence-corrected chi connectivity index (χ2v) is 6.59. The van der Waals surface area contributed by atoms with E-state index in [1.807, 2.05) is 13.8 Å². The maximum Gasteiger partial charge on any atom is 0.261 e. The fourth-order valence-electron chi connectivity index (χ4n) is 2.20. The lowest BCUT2D eigenvalue weighted by Crippen LogP contribution is -2.55. The van der Waals surface area contributed by atoms with E-state index in [0.29, 0.717) is 12.2 Å². The van der Waals surface area contributed by atoms with Crippen LogP contribution in [0, 0.1) is 12.8 Å². The maximum absolute atomic E-state index is 12.6. The Morgan fingerprint density at radius 1 is 1.33 bits per heavy atom. The van der Waals surface area contributed by atoms with Gasteiger partial charge in [-0.05, 0) is 19.3 Å². The van der Waals surface area contributed by atoms with E-state index in [1.165, 1.54) is 6.20 Å². The Morgan fingerprint density at radius 2 is 2.00 bits per heavy atom. The first-order chi connectivity index (χ1) is 12.6. The quantitative estimate of drug-likeness (QED) is 0.395. The highest BCUT2D eigenvalue weighted by Crippen LogP contribution is 2.10. The Morgan fingerprint density at radius 3 is 2.48 bits per heavy atom. The molecule has 0 unspecified atom stereocenters. The van der Waals surface area contributed by atoms with E-state index in [9.17, 15) is 19.2 Å². The highest BCUT2D eigenvalue weighted by atomic mass is 35.5. The van der Waals surface area contributed by atoms with Crippen LogP contribution in [0.4, 0.5) is 0 Å². The molecule has 0 spiro atoms. The van der Waals surface area contributed by atoms with Gasteiger partial charge >= 0.3 is 0 Å². The number of aromatic nitrogens is 1. The maximum atomic E-state index is 12.6. The number of nitrogens with one attached hydrogen (secondary N) is 2.